The third-order valence-electron chi connectivity index (χ3n) is 5.14. The lowest BCUT2D eigenvalue weighted by molar-refractivity contribution is 0.0515. The molecule has 4 rings (SSSR count). The van der Waals surface area contributed by atoms with Crippen molar-refractivity contribution in [1.29, 1.82) is 0 Å². The molecule has 1 aliphatic heterocycles. The molecule has 0 unspecified atom stereocenters. The van der Waals surface area contributed by atoms with Crippen LogP contribution < -0.4 is 5.43 Å². The van der Waals surface area contributed by atoms with Crippen molar-refractivity contribution in [2.45, 2.75) is 33.0 Å². The van der Waals surface area contributed by atoms with Crippen LogP contribution in [0.1, 0.15) is 34.2 Å². The predicted octanol–water partition coefficient (Wildman–Crippen LogP) is 1.72. The molecule has 0 radical (unpaired) electrons. The van der Waals surface area contributed by atoms with Crippen molar-refractivity contribution in [1.82, 2.24) is 14.7 Å². The molecule has 2 aromatic heterocycles. The van der Waals surface area contributed by atoms with Crippen LogP contribution >= 0.6 is 0 Å². The van der Waals surface area contributed by atoms with E-state index in [9.17, 15) is 14.7 Å². The van der Waals surface area contributed by atoms with E-state index in [-0.39, 0.29) is 24.3 Å². The third-order valence-corrected chi connectivity index (χ3v) is 5.14. The Labute approximate surface area is 167 Å². The Morgan fingerprint density at radius 3 is 2.97 bits per heavy atom. The van der Waals surface area contributed by atoms with Gasteiger partial charge >= 0.3 is 5.97 Å². The van der Waals surface area contributed by atoms with E-state index in [1.165, 1.54) is 6.26 Å². The molecule has 0 saturated carbocycles. The number of carbonyl (C=O) groups is 1. The van der Waals surface area contributed by atoms with Crippen LogP contribution in [0.4, 0.5) is 0 Å². The van der Waals surface area contributed by atoms with Crippen molar-refractivity contribution in [3.63, 3.8) is 0 Å². The first-order chi connectivity index (χ1) is 14.1. The first-order valence-electron chi connectivity index (χ1n) is 9.70. The maximum Gasteiger partial charge on any atom is 0.359 e. The first kappa shape index (κ1) is 19.4. The van der Waals surface area contributed by atoms with Gasteiger partial charge in [-0.15, -0.1) is 0 Å². The molecule has 3 aromatic rings. The fraction of sp³-hybridized carbons (Fsp3) is 0.381. The van der Waals surface area contributed by atoms with Gasteiger partial charge in [-0.3, -0.25) is 14.4 Å². The summed E-state index contributed by atoms with van der Waals surface area (Å²) in [6, 6.07) is 7.18. The summed E-state index contributed by atoms with van der Waals surface area (Å²) in [7, 11) is 0. The van der Waals surface area contributed by atoms with Gasteiger partial charge in [-0.1, -0.05) is 12.1 Å². The Balaban J connectivity index is 1.62. The highest BCUT2D eigenvalue weighted by molar-refractivity contribution is 5.89. The van der Waals surface area contributed by atoms with Gasteiger partial charge in [-0.25, -0.2) is 4.79 Å². The number of ether oxygens (including phenoxy) is 1. The largest absolute Gasteiger partial charge is 0.464 e. The van der Waals surface area contributed by atoms with Crippen LogP contribution in [0.15, 0.2) is 39.7 Å². The molecular formula is C21H23N3O5. The smallest absolute Gasteiger partial charge is 0.359 e. The van der Waals surface area contributed by atoms with E-state index < -0.39 is 5.97 Å². The Hall–Kier alpha value is -2.97. The average Bonchev–Trinajstić information content (AvgIpc) is 3.09. The Bertz CT molecular complexity index is 1100. The highest BCUT2D eigenvalue weighted by atomic mass is 16.5. The van der Waals surface area contributed by atoms with Crippen molar-refractivity contribution >= 4 is 16.9 Å². The molecule has 3 heterocycles. The van der Waals surface area contributed by atoms with E-state index in [1.54, 1.807) is 23.7 Å². The molecule has 0 amide bonds. The number of aromatic nitrogens is 2. The summed E-state index contributed by atoms with van der Waals surface area (Å²) >= 11 is 0. The van der Waals surface area contributed by atoms with Crippen LogP contribution in [0.3, 0.4) is 0 Å². The van der Waals surface area contributed by atoms with E-state index in [0.717, 1.165) is 11.3 Å². The number of fused-ring (bicyclic) bond motifs is 2. The number of hydrogen-bond acceptors (Lipinski definition) is 7. The number of hydrogen-bond donors (Lipinski definition) is 1. The van der Waals surface area contributed by atoms with Crippen molar-refractivity contribution in [2.75, 3.05) is 19.8 Å². The molecule has 0 aliphatic carbocycles. The zero-order chi connectivity index (χ0) is 20.4. The summed E-state index contributed by atoms with van der Waals surface area (Å²) in [6.07, 6.45) is 2.18. The zero-order valence-corrected chi connectivity index (χ0v) is 16.3. The molecular weight excluding hydrogens is 374 g/mol. The second-order valence-electron chi connectivity index (χ2n) is 6.99. The monoisotopic (exact) mass is 397 g/mol. The summed E-state index contributed by atoms with van der Waals surface area (Å²) in [6.45, 7) is 3.89. The molecule has 0 atom stereocenters. The molecule has 0 spiro atoms. The molecule has 8 nitrogen and oxygen atoms in total. The molecule has 0 bridgehead atoms. The number of aliphatic hydroxyl groups excluding tert-OH is 1. The van der Waals surface area contributed by atoms with Crippen LogP contribution in [0, 0.1) is 0 Å². The third kappa shape index (κ3) is 3.68. The topological polar surface area (TPSA) is 97.8 Å². The molecule has 29 heavy (non-hydrogen) atoms. The Morgan fingerprint density at radius 1 is 1.34 bits per heavy atom. The van der Waals surface area contributed by atoms with E-state index in [4.69, 9.17) is 9.15 Å². The Kier molecular flexibility index (Phi) is 5.46. The molecule has 1 aromatic carbocycles. The highest BCUT2D eigenvalue weighted by Crippen LogP contribution is 2.25. The van der Waals surface area contributed by atoms with Gasteiger partial charge < -0.3 is 14.3 Å². The predicted molar refractivity (Wildman–Crippen MR) is 106 cm³/mol. The summed E-state index contributed by atoms with van der Waals surface area (Å²) in [4.78, 5) is 27.2. The van der Waals surface area contributed by atoms with Crippen molar-refractivity contribution in [3.8, 4) is 0 Å². The van der Waals surface area contributed by atoms with Gasteiger partial charge in [0.05, 0.1) is 31.4 Å². The first-order valence-corrected chi connectivity index (χ1v) is 9.70. The number of carbonyl (C=O) groups excluding carboxylic acids is 1. The lowest BCUT2D eigenvalue weighted by atomic mass is 10.0. The normalized spacial score (nSPS) is 14.1. The molecule has 8 heteroatoms. The van der Waals surface area contributed by atoms with Crippen LogP contribution in [-0.2, 0) is 30.8 Å². The van der Waals surface area contributed by atoms with Gasteiger partial charge in [0.15, 0.2) is 11.1 Å². The SMILES string of the molecule is CCOC(=O)c1nn(CCO)c2c1CN(Cc1coc3ccccc3c1=O)CC2. The molecule has 0 saturated heterocycles. The van der Waals surface area contributed by atoms with Gasteiger partial charge in [0.25, 0.3) is 0 Å². The maximum atomic E-state index is 12.8. The summed E-state index contributed by atoms with van der Waals surface area (Å²) < 4.78 is 12.4. The quantitative estimate of drug-likeness (QED) is 0.633. The van der Waals surface area contributed by atoms with Crippen LogP contribution in [0.25, 0.3) is 11.0 Å². The van der Waals surface area contributed by atoms with Crippen molar-refractivity contribution < 1.29 is 19.1 Å². The molecule has 0 fully saturated rings. The van der Waals surface area contributed by atoms with E-state index in [0.29, 0.717) is 49.1 Å². The minimum Gasteiger partial charge on any atom is -0.464 e. The van der Waals surface area contributed by atoms with Crippen molar-refractivity contribution in [3.05, 3.63) is 63.3 Å². The zero-order valence-electron chi connectivity index (χ0n) is 16.3. The minimum atomic E-state index is -0.465. The highest BCUT2D eigenvalue weighted by Gasteiger charge is 2.29. The van der Waals surface area contributed by atoms with E-state index in [2.05, 4.69) is 10.00 Å². The molecule has 1 N–H and O–H groups in total. The number of para-hydroxylation sites is 1. The second kappa shape index (κ2) is 8.18. The van der Waals surface area contributed by atoms with E-state index >= 15 is 0 Å². The summed E-state index contributed by atoms with van der Waals surface area (Å²) in [5.74, 6) is -0.465. The standard InChI is InChI=1S/C21H23N3O5/c1-2-28-21(27)19-16-12-23(8-7-17(16)24(22-19)9-10-25)11-14-13-29-18-6-4-3-5-15(18)20(14)26/h3-6,13,25H,2,7-12H2,1H3. The Morgan fingerprint density at radius 2 is 2.17 bits per heavy atom. The molecule has 1 aliphatic rings. The van der Waals surface area contributed by atoms with Gasteiger partial charge in [-0.2, -0.15) is 5.10 Å². The van der Waals surface area contributed by atoms with Gasteiger partial charge in [0.1, 0.15) is 5.58 Å². The fourth-order valence-electron chi connectivity index (χ4n) is 3.79. The van der Waals surface area contributed by atoms with Gasteiger partial charge in [-0.05, 0) is 19.1 Å². The minimum absolute atomic E-state index is 0.0424. The maximum absolute atomic E-state index is 12.8. The summed E-state index contributed by atoms with van der Waals surface area (Å²) in [5, 5.41) is 14.2. The second-order valence-corrected chi connectivity index (χ2v) is 6.99. The van der Waals surface area contributed by atoms with Crippen molar-refractivity contribution in [2.24, 2.45) is 0 Å². The van der Waals surface area contributed by atoms with Gasteiger partial charge in [0, 0.05) is 42.9 Å². The lowest BCUT2D eigenvalue weighted by Crippen LogP contribution is -2.33. The van der Waals surface area contributed by atoms with Crippen LogP contribution in [0.2, 0.25) is 0 Å². The number of benzene rings is 1. The number of aliphatic hydroxyl groups is 1. The average molecular weight is 397 g/mol. The fourth-order valence-corrected chi connectivity index (χ4v) is 3.79. The number of rotatable bonds is 6. The number of nitrogens with zero attached hydrogens (tertiary/aromatic N) is 3. The lowest BCUT2D eigenvalue weighted by Gasteiger charge is -2.27. The van der Waals surface area contributed by atoms with Crippen LogP contribution in [0.5, 0.6) is 0 Å². The molecule has 152 valence electrons. The van der Waals surface area contributed by atoms with Crippen LogP contribution in [-0.4, -0.2) is 45.5 Å². The summed E-state index contributed by atoms with van der Waals surface area (Å²) in [5.41, 5.74) is 3.12. The van der Waals surface area contributed by atoms with E-state index in [1.807, 2.05) is 12.1 Å². The van der Waals surface area contributed by atoms with Gasteiger partial charge in [0.2, 0.25) is 0 Å². The number of esters is 1.